The van der Waals surface area contributed by atoms with Crippen LogP contribution in [0.15, 0.2) is 34.7 Å². The van der Waals surface area contributed by atoms with Crippen LogP contribution >= 0.6 is 0 Å². The quantitative estimate of drug-likeness (QED) is 0.822. The van der Waals surface area contributed by atoms with Crippen molar-refractivity contribution in [2.24, 2.45) is 0 Å². The van der Waals surface area contributed by atoms with Gasteiger partial charge in [0.2, 0.25) is 5.89 Å². The molecule has 0 radical (unpaired) electrons. The van der Waals surface area contributed by atoms with E-state index in [1.807, 2.05) is 37.4 Å². The van der Waals surface area contributed by atoms with Crippen molar-refractivity contribution in [1.29, 1.82) is 0 Å². The fourth-order valence-electron chi connectivity index (χ4n) is 1.23. The summed E-state index contributed by atoms with van der Waals surface area (Å²) in [5.74, 6) is 1.83. The zero-order valence-corrected chi connectivity index (χ0v) is 9.01. The maximum atomic E-state index is 5.47. The summed E-state index contributed by atoms with van der Waals surface area (Å²) in [6.45, 7) is 0.860. The number of hydrogen-bond donors (Lipinski definition) is 1. The molecular weight excluding hydrogens is 206 g/mol. The number of rotatable bonds is 5. The van der Waals surface area contributed by atoms with Crippen molar-refractivity contribution in [2.75, 3.05) is 7.05 Å². The van der Waals surface area contributed by atoms with E-state index in [2.05, 4.69) is 15.5 Å². The number of nitrogens with one attached hydrogen (secondary N) is 1. The second-order valence-electron chi connectivity index (χ2n) is 3.22. The van der Waals surface area contributed by atoms with Gasteiger partial charge in [0.15, 0.2) is 6.61 Å². The Hall–Kier alpha value is -1.88. The summed E-state index contributed by atoms with van der Waals surface area (Å²) in [6.07, 6.45) is 0. The van der Waals surface area contributed by atoms with Crippen LogP contribution < -0.4 is 10.1 Å². The predicted octanol–water partition coefficient (Wildman–Crippen LogP) is 1.37. The largest absolute Gasteiger partial charge is 0.484 e. The van der Waals surface area contributed by atoms with E-state index >= 15 is 0 Å². The van der Waals surface area contributed by atoms with Crippen molar-refractivity contribution in [3.05, 3.63) is 42.1 Å². The molecule has 0 saturated carbocycles. The summed E-state index contributed by atoms with van der Waals surface area (Å²) in [6, 6.07) is 9.52. The Morgan fingerprint density at radius 3 is 2.69 bits per heavy atom. The van der Waals surface area contributed by atoms with Gasteiger partial charge in [0.1, 0.15) is 5.75 Å². The molecule has 0 fully saturated rings. The number of nitrogens with zero attached hydrogens (tertiary/aromatic N) is 2. The van der Waals surface area contributed by atoms with Crippen molar-refractivity contribution in [1.82, 2.24) is 15.5 Å². The zero-order valence-electron chi connectivity index (χ0n) is 9.01. The van der Waals surface area contributed by atoms with Gasteiger partial charge in [0.05, 0.1) is 6.54 Å². The minimum absolute atomic E-state index is 0.292. The van der Waals surface area contributed by atoms with Crippen molar-refractivity contribution >= 4 is 0 Å². The summed E-state index contributed by atoms with van der Waals surface area (Å²) in [7, 11) is 1.82. The van der Waals surface area contributed by atoms with E-state index in [-0.39, 0.29) is 0 Å². The highest BCUT2D eigenvalue weighted by Crippen LogP contribution is 2.10. The first kappa shape index (κ1) is 10.6. The van der Waals surface area contributed by atoms with Crippen molar-refractivity contribution in [3.63, 3.8) is 0 Å². The molecule has 16 heavy (non-hydrogen) atoms. The summed E-state index contributed by atoms with van der Waals surface area (Å²) in [4.78, 5) is 0. The number of aromatic nitrogens is 2. The van der Waals surface area contributed by atoms with Gasteiger partial charge in [-0.15, -0.1) is 10.2 Å². The lowest BCUT2D eigenvalue weighted by atomic mass is 10.3. The molecule has 1 heterocycles. The lowest BCUT2D eigenvalue weighted by Gasteiger charge is -2.01. The van der Waals surface area contributed by atoms with Crippen LogP contribution in [0.5, 0.6) is 5.75 Å². The number of ether oxygens (including phenoxy) is 1. The standard InChI is InChI=1S/C11H13N3O2/c1-12-7-10-13-14-11(16-10)8-15-9-5-3-2-4-6-9/h2-6,12H,7-8H2,1H3. The summed E-state index contributed by atoms with van der Waals surface area (Å²) in [5, 5.41) is 10.7. The van der Waals surface area contributed by atoms with Gasteiger partial charge in [-0.3, -0.25) is 0 Å². The minimum Gasteiger partial charge on any atom is -0.484 e. The third-order valence-electron chi connectivity index (χ3n) is 1.94. The van der Waals surface area contributed by atoms with Crippen LogP contribution in [0, 0.1) is 0 Å². The molecule has 0 atom stereocenters. The number of para-hydroxylation sites is 1. The predicted molar refractivity (Wildman–Crippen MR) is 57.8 cm³/mol. The molecule has 5 nitrogen and oxygen atoms in total. The Morgan fingerprint density at radius 2 is 1.94 bits per heavy atom. The molecule has 84 valence electrons. The first-order valence-corrected chi connectivity index (χ1v) is 5.02. The van der Waals surface area contributed by atoms with Crippen LogP contribution in [0.25, 0.3) is 0 Å². The fourth-order valence-corrected chi connectivity index (χ4v) is 1.23. The Bertz CT molecular complexity index is 428. The van der Waals surface area contributed by atoms with Crippen LogP contribution in [0.3, 0.4) is 0 Å². The molecule has 0 aliphatic rings. The molecule has 2 rings (SSSR count). The SMILES string of the molecule is CNCc1nnc(COc2ccccc2)o1. The van der Waals surface area contributed by atoms with E-state index in [1.54, 1.807) is 0 Å². The highest BCUT2D eigenvalue weighted by molar-refractivity contribution is 5.20. The fraction of sp³-hybridized carbons (Fsp3) is 0.273. The minimum atomic E-state index is 0.292. The third-order valence-corrected chi connectivity index (χ3v) is 1.94. The van der Waals surface area contributed by atoms with E-state index < -0.39 is 0 Å². The molecule has 0 bridgehead atoms. The van der Waals surface area contributed by atoms with Gasteiger partial charge >= 0.3 is 0 Å². The zero-order chi connectivity index (χ0) is 11.2. The lowest BCUT2D eigenvalue weighted by Crippen LogP contribution is -2.04. The Balaban J connectivity index is 1.89. The molecule has 5 heteroatoms. The van der Waals surface area contributed by atoms with Gasteiger partial charge in [-0.25, -0.2) is 0 Å². The highest BCUT2D eigenvalue weighted by atomic mass is 16.5. The summed E-state index contributed by atoms with van der Waals surface area (Å²) >= 11 is 0. The topological polar surface area (TPSA) is 60.2 Å². The molecule has 0 unspecified atom stereocenters. The molecule has 1 aromatic carbocycles. The average molecular weight is 219 g/mol. The van der Waals surface area contributed by atoms with Crippen molar-refractivity contribution in [3.8, 4) is 5.75 Å². The molecule has 0 aliphatic carbocycles. The van der Waals surface area contributed by atoms with Crippen LogP contribution in [-0.4, -0.2) is 17.2 Å². The lowest BCUT2D eigenvalue weighted by molar-refractivity contribution is 0.258. The van der Waals surface area contributed by atoms with E-state index in [0.29, 0.717) is 24.9 Å². The normalized spacial score (nSPS) is 10.3. The van der Waals surface area contributed by atoms with E-state index in [4.69, 9.17) is 9.15 Å². The van der Waals surface area contributed by atoms with Crippen LogP contribution in [0.2, 0.25) is 0 Å². The monoisotopic (exact) mass is 219 g/mol. The Labute approximate surface area is 93.4 Å². The molecule has 2 aromatic rings. The van der Waals surface area contributed by atoms with Gasteiger partial charge < -0.3 is 14.5 Å². The van der Waals surface area contributed by atoms with E-state index in [1.165, 1.54) is 0 Å². The van der Waals surface area contributed by atoms with Gasteiger partial charge in [-0.05, 0) is 19.2 Å². The van der Waals surface area contributed by atoms with Crippen LogP contribution in [0.4, 0.5) is 0 Å². The molecule has 1 N–H and O–H groups in total. The molecule has 0 spiro atoms. The smallest absolute Gasteiger partial charge is 0.253 e. The second-order valence-corrected chi connectivity index (χ2v) is 3.22. The van der Waals surface area contributed by atoms with Gasteiger partial charge in [-0.1, -0.05) is 18.2 Å². The van der Waals surface area contributed by atoms with E-state index in [9.17, 15) is 0 Å². The number of benzene rings is 1. The first-order valence-electron chi connectivity index (χ1n) is 5.02. The van der Waals surface area contributed by atoms with Crippen molar-refractivity contribution in [2.45, 2.75) is 13.2 Å². The Morgan fingerprint density at radius 1 is 1.19 bits per heavy atom. The summed E-state index contributed by atoms with van der Waals surface area (Å²) < 4.78 is 10.8. The van der Waals surface area contributed by atoms with E-state index in [0.717, 1.165) is 5.75 Å². The average Bonchev–Trinajstić information content (AvgIpc) is 2.76. The van der Waals surface area contributed by atoms with Gasteiger partial charge in [0, 0.05) is 0 Å². The molecular formula is C11H13N3O2. The van der Waals surface area contributed by atoms with Gasteiger partial charge in [-0.2, -0.15) is 0 Å². The second kappa shape index (κ2) is 5.27. The maximum Gasteiger partial charge on any atom is 0.253 e. The maximum absolute atomic E-state index is 5.47. The van der Waals surface area contributed by atoms with Crippen molar-refractivity contribution < 1.29 is 9.15 Å². The highest BCUT2D eigenvalue weighted by Gasteiger charge is 2.05. The summed E-state index contributed by atoms with van der Waals surface area (Å²) in [5.41, 5.74) is 0. The van der Waals surface area contributed by atoms with Crippen LogP contribution in [-0.2, 0) is 13.2 Å². The third kappa shape index (κ3) is 2.80. The number of hydrogen-bond acceptors (Lipinski definition) is 5. The molecule has 1 aromatic heterocycles. The molecule has 0 amide bonds. The molecule has 0 aliphatic heterocycles. The molecule has 0 saturated heterocycles. The first-order chi connectivity index (χ1) is 7.88. The van der Waals surface area contributed by atoms with Crippen LogP contribution in [0.1, 0.15) is 11.8 Å². The van der Waals surface area contributed by atoms with Gasteiger partial charge in [0.25, 0.3) is 5.89 Å². The Kier molecular flexibility index (Phi) is 3.50.